The minimum absolute atomic E-state index is 0.0634. The molecule has 8 atom stereocenters. The van der Waals surface area contributed by atoms with Crippen LogP contribution in [0.5, 0.6) is 0 Å². The van der Waals surface area contributed by atoms with Crippen molar-refractivity contribution in [3.8, 4) is 0 Å². The lowest BCUT2D eigenvalue weighted by Crippen LogP contribution is -2.51. The summed E-state index contributed by atoms with van der Waals surface area (Å²) >= 11 is 0. The SMILES string of the molecule is Cn1c(=O)n2n(c1=O)[C@@H]1[C@H]3C4C5[C@@]6(CCC[C@@]516)[C@H]2[C@@H]43. The predicted octanol–water partition coefficient (Wildman–Crippen LogP) is 0.120. The molecule has 2 aliphatic heterocycles. The maximum atomic E-state index is 12.4. The van der Waals surface area contributed by atoms with E-state index in [1.807, 2.05) is 9.36 Å². The van der Waals surface area contributed by atoms with Crippen molar-refractivity contribution in [2.45, 2.75) is 31.3 Å². The van der Waals surface area contributed by atoms with Crippen LogP contribution in [0.2, 0.25) is 0 Å². The molecule has 5 heteroatoms. The molecule has 8 rings (SSSR count). The lowest BCUT2D eigenvalue weighted by molar-refractivity contribution is 0.0178. The second-order valence-corrected chi connectivity index (χ2v) is 7.85. The first-order valence-corrected chi connectivity index (χ1v) is 7.58. The van der Waals surface area contributed by atoms with E-state index in [1.165, 1.54) is 23.8 Å². The zero-order valence-electron chi connectivity index (χ0n) is 10.7. The summed E-state index contributed by atoms with van der Waals surface area (Å²) < 4.78 is 5.11. The quantitative estimate of drug-likeness (QED) is 0.663. The molecule has 5 aliphatic carbocycles. The van der Waals surface area contributed by atoms with Crippen LogP contribution in [0.15, 0.2) is 9.59 Å². The molecule has 98 valence electrons. The summed E-state index contributed by atoms with van der Waals surface area (Å²) in [6.45, 7) is 0. The van der Waals surface area contributed by atoms with Gasteiger partial charge >= 0.3 is 11.4 Å². The molecule has 5 fully saturated rings. The maximum absolute atomic E-state index is 12.4. The molecule has 0 aromatic carbocycles. The Morgan fingerprint density at radius 2 is 1.47 bits per heavy atom. The van der Waals surface area contributed by atoms with Crippen LogP contribution in [0, 0.1) is 34.5 Å². The van der Waals surface area contributed by atoms with Crippen LogP contribution in [0.3, 0.4) is 0 Å². The molecule has 0 N–H and O–H groups in total. The fourth-order valence-electron chi connectivity index (χ4n) is 8.24. The smallest absolute Gasteiger partial charge is 0.246 e. The highest BCUT2D eigenvalue weighted by atomic mass is 16.2. The molecule has 19 heavy (non-hydrogen) atoms. The van der Waals surface area contributed by atoms with Gasteiger partial charge in [-0.2, -0.15) is 0 Å². The molecule has 2 unspecified atom stereocenters. The fourth-order valence-corrected chi connectivity index (χ4v) is 8.24. The van der Waals surface area contributed by atoms with Gasteiger partial charge in [-0.3, -0.25) is 0 Å². The van der Waals surface area contributed by atoms with E-state index >= 15 is 0 Å². The Morgan fingerprint density at radius 1 is 0.947 bits per heavy atom. The number of rotatable bonds is 0. The molecule has 0 saturated heterocycles. The van der Waals surface area contributed by atoms with Gasteiger partial charge in [0.2, 0.25) is 0 Å². The molecule has 5 nitrogen and oxygen atoms in total. The first-order chi connectivity index (χ1) is 9.18. The molecule has 0 amide bonds. The third-order valence-corrected chi connectivity index (χ3v) is 8.16. The van der Waals surface area contributed by atoms with Gasteiger partial charge in [0.1, 0.15) is 0 Å². The zero-order valence-corrected chi connectivity index (χ0v) is 10.7. The average Bonchev–Trinajstić information content (AvgIpc) is 3.01. The van der Waals surface area contributed by atoms with E-state index in [1.54, 1.807) is 7.05 Å². The minimum Gasteiger partial charge on any atom is -0.246 e. The third kappa shape index (κ3) is 0.472. The summed E-state index contributed by atoms with van der Waals surface area (Å²) in [6, 6.07) is 0.753. The molecule has 3 heterocycles. The largest absolute Gasteiger partial charge is 0.347 e. The van der Waals surface area contributed by atoms with Crippen molar-refractivity contribution >= 4 is 0 Å². The van der Waals surface area contributed by atoms with E-state index in [2.05, 4.69) is 0 Å². The van der Waals surface area contributed by atoms with Crippen molar-refractivity contribution in [3.63, 3.8) is 0 Å². The van der Waals surface area contributed by atoms with Gasteiger partial charge in [0, 0.05) is 17.9 Å². The zero-order chi connectivity index (χ0) is 12.5. The summed E-state index contributed by atoms with van der Waals surface area (Å²) in [6.07, 6.45) is 3.94. The Balaban J connectivity index is 1.71. The minimum atomic E-state index is -0.0634. The second-order valence-electron chi connectivity index (χ2n) is 7.85. The fraction of sp³-hybridized carbons (Fsp3) is 0.857. The Hall–Kier alpha value is -1.26. The second kappa shape index (κ2) is 1.90. The number of nitrogens with zero attached hydrogens (tertiary/aromatic N) is 3. The van der Waals surface area contributed by atoms with Gasteiger partial charge in [0.25, 0.3) is 0 Å². The molecule has 0 radical (unpaired) electrons. The Bertz CT molecular complexity index is 767. The number of hydrogen-bond donors (Lipinski definition) is 0. The van der Waals surface area contributed by atoms with E-state index in [0.29, 0.717) is 22.9 Å². The summed E-state index contributed by atoms with van der Waals surface area (Å²) in [5.74, 6) is 3.23. The van der Waals surface area contributed by atoms with Crippen molar-refractivity contribution < 1.29 is 0 Å². The average molecular weight is 257 g/mol. The molecule has 7 aliphatic rings. The maximum Gasteiger partial charge on any atom is 0.347 e. The Kier molecular flexibility index (Phi) is 0.881. The number of hydrogen-bond acceptors (Lipinski definition) is 2. The van der Waals surface area contributed by atoms with Crippen LogP contribution >= 0.6 is 0 Å². The molecule has 2 spiro atoms. The van der Waals surface area contributed by atoms with Crippen molar-refractivity contribution in [2.75, 3.05) is 0 Å². The summed E-state index contributed by atoms with van der Waals surface area (Å²) in [4.78, 5) is 24.9. The van der Waals surface area contributed by atoms with E-state index in [9.17, 15) is 9.59 Å². The molecule has 1 aromatic rings. The summed E-state index contributed by atoms with van der Waals surface area (Å²) in [5.41, 5.74) is 0.761. The van der Waals surface area contributed by atoms with Gasteiger partial charge in [-0.15, -0.1) is 0 Å². The van der Waals surface area contributed by atoms with Gasteiger partial charge in [0.15, 0.2) is 0 Å². The standard InChI is InChI=1S/C14H15N3O2/c1-15-11(18)16-9-6-5-7(6)10(17(16)12(15)19)14-4-2-3-13(9,14)8(5)14/h5-10H,2-4H2,1H3/t5?,6-,7-,8?,9+,10+,13-,14+/m0/s1. The highest BCUT2D eigenvalue weighted by molar-refractivity contribution is 5.49. The predicted molar refractivity (Wildman–Crippen MR) is 64.7 cm³/mol. The van der Waals surface area contributed by atoms with Crippen molar-refractivity contribution in [2.24, 2.45) is 41.5 Å². The van der Waals surface area contributed by atoms with E-state index in [4.69, 9.17) is 0 Å². The highest BCUT2D eigenvalue weighted by Crippen LogP contribution is 3.05. The van der Waals surface area contributed by atoms with Crippen LogP contribution in [0.25, 0.3) is 0 Å². The Morgan fingerprint density at radius 3 is 2.00 bits per heavy atom. The first kappa shape index (κ1) is 8.82. The van der Waals surface area contributed by atoms with Crippen LogP contribution in [0.4, 0.5) is 0 Å². The summed E-state index contributed by atoms with van der Waals surface area (Å²) in [7, 11) is 1.64. The normalized spacial score (nSPS) is 63.2. The van der Waals surface area contributed by atoms with E-state index < -0.39 is 0 Å². The first-order valence-electron chi connectivity index (χ1n) is 7.58. The van der Waals surface area contributed by atoms with Crippen LogP contribution < -0.4 is 11.4 Å². The van der Waals surface area contributed by atoms with Gasteiger partial charge in [0.05, 0.1) is 12.1 Å². The van der Waals surface area contributed by atoms with E-state index in [-0.39, 0.29) is 11.4 Å². The van der Waals surface area contributed by atoms with Crippen LogP contribution in [0.1, 0.15) is 31.3 Å². The number of aromatic nitrogens is 3. The topological polar surface area (TPSA) is 48.9 Å². The van der Waals surface area contributed by atoms with Crippen LogP contribution in [-0.2, 0) is 7.05 Å². The summed E-state index contributed by atoms with van der Waals surface area (Å²) in [5, 5.41) is 0. The lowest BCUT2D eigenvalue weighted by Gasteiger charge is -2.45. The van der Waals surface area contributed by atoms with Crippen molar-refractivity contribution in [1.82, 2.24) is 13.9 Å². The van der Waals surface area contributed by atoms with Gasteiger partial charge in [-0.1, -0.05) is 6.42 Å². The van der Waals surface area contributed by atoms with Gasteiger partial charge in [-0.25, -0.2) is 23.5 Å². The lowest BCUT2D eigenvalue weighted by atomic mass is 9.73. The molecule has 1 aromatic heterocycles. The van der Waals surface area contributed by atoms with Gasteiger partial charge < -0.3 is 0 Å². The monoisotopic (exact) mass is 257 g/mol. The molecule has 2 bridgehead atoms. The van der Waals surface area contributed by atoms with Gasteiger partial charge in [-0.05, 0) is 36.5 Å². The molecule has 5 saturated carbocycles. The molecular weight excluding hydrogens is 242 g/mol. The van der Waals surface area contributed by atoms with Crippen molar-refractivity contribution in [1.29, 1.82) is 0 Å². The molecular formula is C14H15N3O2. The Labute approximate surface area is 108 Å². The van der Waals surface area contributed by atoms with Crippen LogP contribution in [-0.4, -0.2) is 13.9 Å². The highest BCUT2D eigenvalue weighted by Gasteiger charge is 3.03. The van der Waals surface area contributed by atoms with Crippen molar-refractivity contribution in [3.05, 3.63) is 21.0 Å². The van der Waals surface area contributed by atoms with E-state index in [0.717, 1.165) is 23.7 Å². The third-order valence-electron chi connectivity index (χ3n) is 8.16.